The molecule has 0 amide bonds. The highest BCUT2D eigenvalue weighted by Gasteiger charge is 2.24. The van der Waals surface area contributed by atoms with Crippen LogP contribution in [-0.2, 0) is 6.54 Å². The van der Waals surface area contributed by atoms with Crippen molar-refractivity contribution in [1.29, 1.82) is 0 Å². The number of aryl methyl sites for hydroxylation is 1. The fraction of sp³-hybridized carbons (Fsp3) is 0.304. The van der Waals surface area contributed by atoms with Crippen molar-refractivity contribution >= 4 is 21.6 Å². The molecule has 4 aromatic rings. The van der Waals surface area contributed by atoms with Crippen LogP contribution in [0.5, 0.6) is 0 Å². The van der Waals surface area contributed by atoms with Gasteiger partial charge in [0.05, 0.1) is 20.9 Å². The smallest absolute Gasteiger partial charge is 0.226 e. The highest BCUT2D eigenvalue weighted by atomic mass is 32.1. The van der Waals surface area contributed by atoms with Crippen LogP contribution in [0.2, 0.25) is 0 Å². The maximum absolute atomic E-state index is 5.92. The number of oxazole rings is 1. The summed E-state index contributed by atoms with van der Waals surface area (Å²) in [5.74, 6) is 2.22. The Morgan fingerprint density at radius 1 is 1.00 bits per heavy atom. The largest absolute Gasteiger partial charge is 0.441 e. The zero-order chi connectivity index (χ0) is 18.9. The van der Waals surface area contributed by atoms with Crippen molar-refractivity contribution in [3.8, 4) is 11.5 Å². The fourth-order valence-electron chi connectivity index (χ4n) is 3.89. The number of likely N-dealkylation sites (tertiary alicyclic amines) is 1. The van der Waals surface area contributed by atoms with Crippen molar-refractivity contribution in [2.75, 3.05) is 13.1 Å². The molecular formula is C23H23N3OS. The molecule has 2 aromatic heterocycles. The highest BCUT2D eigenvalue weighted by Crippen LogP contribution is 2.34. The number of hydrogen-bond donors (Lipinski definition) is 0. The lowest BCUT2D eigenvalue weighted by Gasteiger charge is -2.30. The van der Waals surface area contributed by atoms with Gasteiger partial charge in [0.25, 0.3) is 0 Å². The van der Waals surface area contributed by atoms with Crippen LogP contribution in [0.3, 0.4) is 0 Å². The van der Waals surface area contributed by atoms with Crippen molar-refractivity contribution in [3.63, 3.8) is 0 Å². The van der Waals surface area contributed by atoms with E-state index in [9.17, 15) is 0 Å². The summed E-state index contributed by atoms with van der Waals surface area (Å²) in [6.07, 6.45) is 2.31. The minimum Gasteiger partial charge on any atom is -0.441 e. The lowest BCUT2D eigenvalue weighted by atomic mass is 9.97. The number of benzene rings is 2. The van der Waals surface area contributed by atoms with Gasteiger partial charge in [-0.05, 0) is 57.1 Å². The first-order chi connectivity index (χ1) is 13.8. The molecule has 0 N–H and O–H groups in total. The van der Waals surface area contributed by atoms with E-state index < -0.39 is 0 Å². The molecule has 1 aliphatic heterocycles. The van der Waals surface area contributed by atoms with E-state index >= 15 is 0 Å². The molecule has 5 rings (SSSR count). The topological polar surface area (TPSA) is 42.2 Å². The van der Waals surface area contributed by atoms with Crippen LogP contribution in [0.4, 0.5) is 0 Å². The molecule has 5 heteroatoms. The summed E-state index contributed by atoms with van der Waals surface area (Å²) in [4.78, 5) is 12.1. The standard InChI is InChI=1S/C23H23N3OS/c1-16-20(24-22(27-16)17-7-3-2-4-8-17)15-26-13-11-18(12-14-26)23-25-19-9-5-6-10-21(19)28-23/h2-10,18H,11-15H2,1H3. The Kier molecular flexibility index (Phi) is 4.71. The van der Waals surface area contributed by atoms with Gasteiger partial charge in [0, 0.05) is 18.0 Å². The summed E-state index contributed by atoms with van der Waals surface area (Å²) in [7, 11) is 0. The maximum Gasteiger partial charge on any atom is 0.226 e. The molecule has 3 heterocycles. The van der Waals surface area contributed by atoms with E-state index in [0.29, 0.717) is 5.92 Å². The van der Waals surface area contributed by atoms with E-state index in [1.54, 1.807) is 0 Å². The molecule has 1 saturated heterocycles. The second-order valence-corrected chi connectivity index (χ2v) is 8.52. The quantitative estimate of drug-likeness (QED) is 0.453. The van der Waals surface area contributed by atoms with Gasteiger partial charge in [0.2, 0.25) is 5.89 Å². The number of aromatic nitrogens is 2. The number of piperidine rings is 1. The Hall–Kier alpha value is -2.50. The van der Waals surface area contributed by atoms with Crippen molar-refractivity contribution in [2.45, 2.75) is 32.2 Å². The summed E-state index contributed by atoms with van der Waals surface area (Å²) >= 11 is 1.86. The van der Waals surface area contributed by atoms with Crippen LogP contribution < -0.4 is 0 Å². The average Bonchev–Trinajstić information content (AvgIpc) is 3.33. The highest BCUT2D eigenvalue weighted by molar-refractivity contribution is 7.18. The first-order valence-corrected chi connectivity index (χ1v) is 10.7. The third-order valence-electron chi connectivity index (χ3n) is 5.53. The Morgan fingerprint density at radius 3 is 2.54 bits per heavy atom. The third-order valence-corrected chi connectivity index (χ3v) is 6.73. The van der Waals surface area contributed by atoms with E-state index in [0.717, 1.165) is 60.9 Å². The lowest BCUT2D eigenvalue weighted by Crippen LogP contribution is -2.32. The van der Waals surface area contributed by atoms with Gasteiger partial charge < -0.3 is 4.42 Å². The molecule has 0 unspecified atom stereocenters. The maximum atomic E-state index is 5.92. The molecule has 0 spiro atoms. The minimum atomic E-state index is 0.576. The number of rotatable bonds is 4. The second-order valence-electron chi connectivity index (χ2n) is 7.46. The number of fused-ring (bicyclic) bond motifs is 1. The first kappa shape index (κ1) is 17.6. The van der Waals surface area contributed by atoms with Gasteiger partial charge in [-0.25, -0.2) is 9.97 Å². The lowest BCUT2D eigenvalue weighted by molar-refractivity contribution is 0.202. The molecule has 1 fully saturated rings. The van der Waals surface area contributed by atoms with Gasteiger partial charge in [-0.2, -0.15) is 0 Å². The van der Waals surface area contributed by atoms with E-state index in [2.05, 4.69) is 29.2 Å². The van der Waals surface area contributed by atoms with E-state index in [-0.39, 0.29) is 0 Å². The average molecular weight is 390 g/mol. The van der Waals surface area contributed by atoms with Crippen LogP contribution in [0.25, 0.3) is 21.7 Å². The molecule has 1 aliphatic rings. The van der Waals surface area contributed by atoms with E-state index in [1.807, 2.05) is 48.6 Å². The van der Waals surface area contributed by atoms with Gasteiger partial charge in [0.1, 0.15) is 5.76 Å². The summed E-state index contributed by atoms with van der Waals surface area (Å²) in [5, 5.41) is 1.30. The number of hydrogen-bond acceptors (Lipinski definition) is 5. The molecule has 0 aliphatic carbocycles. The van der Waals surface area contributed by atoms with Gasteiger partial charge in [-0.15, -0.1) is 11.3 Å². The first-order valence-electron chi connectivity index (χ1n) is 9.86. The monoisotopic (exact) mass is 389 g/mol. The van der Waals surface area contributed by atoms with Crippen molar-refractivity contribution in [2.24, 2.45) is 0 Å². The Balaban J connectivity index is 1.24. The van der Waals surface area contributed by atoms with Gasteiger partial charge in [-0.3, -0.25) is 4.90 Å². The van der Waals surface area contributed by atoms with Gasteiger partial charge >= 0.3 is 0 Å². The molecule has 2 aromatic carbocycles. The molecule has 0 saturated carbocycles. The van der Waals surface area contributed by atoms with E-state index in [4.69, 9.17) is 14.4 Å². The molecule has 142 valence electrons. The number of nitrogens with zero attached hydrogens (tertiary/aromatic N) is 3. The second kappa shape index (κ2) is 7.49. The normalized spacial score (nSPS) is 16.0. The molecule has 0 atom stereocenters. The van der Waals surface area contributed by atoms with Crippen molar-refractivity contribution in [1.82, 2.24) is 14.9 Å². The van der Waals surface area contributed by atoms with Crippen LogP contribution in [0.1, 0.15) is 35.2 Å². The van der Waals surface area contributed by atoms with Crippen LogP contribution in [0, 0.1) is 6.92 Å². The molecule has 0 radical (unpaired) electrons. The fourth-order valence-corrected chi connectivity index (χ4v) is 5.03. The van der Waals surface area contributed by atoms with Crippen molar-refractivity contribution < 1.29 is 4.42 Å². The zero-order valence-corrected chi connectivity index (χ0v) is 16.8. The number of thiazole rings is 1. The third kappa shape index (κ3) is 3.48. The predicted octanol–water partition coefficient (Wildman–Crippen LogP) is 5.64. The summed E-state index contributed by atoms with van der Waals surface area (Å²) < 4.78 is 7.22. The van der Waals surface area contributed by atoms with Gasteiger partial charge in [0.15, 0.2) is 0 Å². The van der Waals surface area contributed by atoms with Crippen LogP contribution in [-0.4, -0.2) is 28.0 Å². The zero-order valence-electron chi connectivity index (χ0n) is 16.0. The summed E-state index contributed by atoms with van der Waals surface area (Å²) in [6.45, 7) is 5.03. The molecule has 4 nitrogen and oxygen atoms in total. The molecular weight excluding hydrogens is 366 g/mol. The Bertz CT molecular complexity index is 1040. The van der Waals surface area contributed by atoms with Crippen molar-refractivity contribution in [3.05, 3.63) is 71.1 Å². The molecule has 28 heavy (non-hydrogen) atoms. The SMILES string of the molecule is Cc1oc(-c2ccccc2)nc1CN1CCC(c2nc3ccccc3s2)CC1. The summed E-state index contributed by atoms with van der Waals surface area (Å²) in [5.41, 5.74) is 3.22. The van der Waals surface area contributed by atoms with Crippen LogP contribution >= 0.6 is 11.3 Å². The molecule has 0 bridgehead atoms. The minimum absolute atomic E-state index is 0.576. The Labute approximate surface area is 168 Å². The predicted molar refractivity (Wildman–Crippen MR) is 114 cm³/mol. The Morgan fingerprint density at radius 2 is 1.75 bits per heavy atom. The van der Waals surface area contributed by atoms with Crippen LogP contribution in [0.15, 0.2) is 59.0 Å². The van der Waals surface area contributed by atoms with Gasteiger partial charge in [-0.1, -0.05) is 30.3 Å². The summed E-state index contributed by atoms with van der Waals surface area (Å²) in [6, 6.07) is 18.6. The van der Waals surface area contributed by atoms with E-state index in [1.165, 1.54) is 9.71 Å². The number of para-hydroxylation sites is 1.